The highest BCUT2D eigenvalue weighted by atomic mass is 32.1. The van der Waals surface area contributed by atoms with E-state index in [2.05, 4.69) is 0 Å². The van der Waals surface area contributed by atoms with E-state index in [1.807, 2.05) is 48.0 Å². The van der Waals surface area contributed by atoms with Crippen LogP contribution in [0, 0.1) is 6.92 Å². The Balaban J connectivity index is 2.10. The van der Waals surface area contributed by atoms with Crippen molar-refractivity contribution in [3.05, 3.63) is 77.3 Å². The number of hydrogen-bond donors (Lipinski definition) is 0. The number of benzene rings is 1. The van der Waals surface area contributed by atoms with Crippen LogP contribution in [-0.2, 0) is 7.05 Å². The molecule has 3 nitrogen and oxygen atoms in total. The number of carbonyl (C=O) groups is 1. The number of Topliss-reactive ketones (excluding diaryl/α,β-unsaturated/α-hetero) is 1. The third-order valence-corrected chi connectivity index (χ3v) is 5.38. The van der Waals surface area contributed by atoms with Gasteiger partial charge >= 0.3 is 0 Å². The number of thiazole rings is 1. The van der Waals surface area contributed by atoms with Crippen LogP contribution < -0.4 is 14.8 Å². The van der Waals surface area contributed by atoms with Gasteiger partial charge in [-0.15, -0.1) is 11.3 Å². The quantitative estimate of drug-likeness (QED) is 0.686. The SMILES string of the molecule is Cc1ccccc1C(=O)C=c1sc(=Cc2ccsc2)c(=O)n1C. The molecule has 0 N–H and O–H groups in total. The highest BCUT2D eigenvalue weighted by Crippen LogP contribution is 2.08. The minimum atomic E-state index is -0.0815. The molecular weight excluding hydrogens is 326 g/mol. The molecule has 0 aliphatic rings. The second-order valence-electron chi connectivity index (χ2n) is 5.19. The van der Waals surface area contributed by atoms with Crippen molar-refractivity contribution in [2.75, 3.05) is 0 Å². The van der Waals surface area contributed by atoms with Gasteiger partial charge in [-0.2, -0.15) is 11.3 Å². The summed E-state index contributed by atoms with van der Waals surface area (Å²) >= 11 is 2.92. The van der Waals surface area contributed by atoms with E-state index in [1.54, 1.807) is 30.5 Å². The van der Waals surface area contributed by atoms with Crippen LogP contribution in [0.3, 0.4) is 0 Å². The van der Waals surface area contributed by atoms with Crippen LogP contribution in [0.2, 0.25) is 0 Å². The number of carbonyl (C=O) groups excluding carboxylic acids is 1. The Bertz CT molecular complexity index is 1020. The molecule has 1 aromatic carbocycles. The summed E-state index contributed by atoms with van der Waals surface area (Å²) in [7, 11) is 1.70. The average molecular weight is 341 g/mol. The van der Waals surface area contributed by atoms with Gasteiger partial charge in [0.05, 0.1) is 4.53 Å². The molecule has 2 aromatic heterocycles. The number of rotatable bonds is 3. The van der Waals surface area contributed by atoms with Gasteiger partial charge in [0.2, 0.25) is 0 Å². The molecule has 0 bridgehead atoms. The molecule has 3 rings (SSSR count). The monoisotopic (exact) mass is 341 g/mol. The van der Waals surface area contributed by atoms with E-state index >= 15 is 0 Å². The molecule has 3 aromatic rings. The molecule has 23 heavy (non-hydrogen) atoms. The summed E-state index contributed by atoms with van der Waals surface area (Å²) in [5.74, 6) is -0.0815. The van der Waals surface area contributed by atoms with Crippen LogP contribution in [0.25, 0.3) is 12.2 Å². The van der Waals surface area contributed by atoms with Gasteiger partial charge in [-0.25, -0.2) is 0 Å². The van der Waals surface area contributed by atoms with Gasteiger partial charge in [-0.1, -0.05) is 24.3 Å². The van der Waals surface area contributed by atoms with E-state index in [9.17, 15) is 9.59 Å². The van der Waals surface area contributed by atoms with Crippen molar-refractivity contribution in [2.45, 2.75) is 6.92 Å². The predicted octanol–water partition coefficient (Wildman–Crippen LogP) is 2.31. The molecule has 0 spiro atoms. The molecule has 0 amide bonds. The molecular formula is C18H15NO2S2. The van der Waals surface area contributed by atoms with Crippen molar-refractivity contribution in [3.63, 3.8) is 0 Å². The lowest BCUT2D eigenvalue weighted by Gasteiger charge is -1.99. The Hall–Kier alpha value is -2.24. The van der Waals surface area contributed by atoms with Gasteiger partial charge in [-0.05, 0) is 41.0 Å². The van der Waals surface area contributed by atoms with Gasteiger partial charge in [0.1, 0.15) is 4.66 Å². The molecule has 5 heteroatoms. The minimum Gasteiger partial charge on any atom is -0.302 e. The molecule has 0 fully saturated rings. The summed E-state index contributed by atoms with van der Waals surface area (Å²) in [5.41, 5.74) is 2.52. The van der Waals surface area contributed by atoms with Gasteiger partial charge in [0.15, 0.2) is 5.78 Å². The van der Waals surface area contributed by atoms with Crippen molar-refractivity contribution < 1.29 is 4.79 Å². The summed E-state index contributed by atoms with van der Waals surface area (Å²) in [6.07, 6.45) is 3.40. The lowest BCUT2D eigenvalue weighted by molar-refractivity contribution is 0.106. The molecule has 0 saturated heterocycles. The first kappa shape index (κ1) is 15.6. The second kappa shape index (κ2) is 6.48. The zero-order valence-corrected chi connectivity index (χ0v) is 14.4. The number of ketones is 1. The summed E-state index contributed by atoms with van der Waals surface area (Å²) in [6, 6.07) is 9.42. The molecule has 0 atom stereocenters. The van der Waals surface area contributed by atoms with E-state index in [0.717, 1.165) is 11.1 Å². The largest absolute Gasteiger partial charge is 0.302 e. The first-order valence-corrected chi connectivity index (χ1v) is 8.83. The maximum absolute atomic E-state index is 12.5. The third kappa shape index (κ3) is 3.25. The van der Waals surface area contributed by atoms with Crippen LogP contribution in [0.1, 0.15) is 21.5 Å². The Morgan fingerprint density at radius 3 is 2.70 bits per heavy atom. The van der Waals surface area contributed by atoms with E-state index in [-0.39, 0.29) is 11.3 Å². The molecule has 2 heterocycles. The van der Waals surface area contributed by atoms with Gasteiger partial charge in [0.25, 0.3) is 5.56 Å². The fraction of sp³-hybridized carbons (Fsp3) is 0.111. The van der Waals surface area contributed by atoms with E-state index < -0.39 is 0 Å². The maximum Gasteiger partial charge on any atom is 0.268 e. The summed E-state index contributed by atoms with van der Waals surface area (Å²) in [5, 5.41) is 3.96. The standard InChI is InChI=1S/C18H15NO2S2/c1-12-5-3-4-6-14(12)15(20)10-17-19(2)18(21)16(23-17)9-13-7-8-22-11-13/h3-11H,1-2H3. The topological polar surface area (TPSA) is 39.1 Å². The van der Waals surface area contributed by atoms with E-state index in [1.165, 1.54) is 15.9 Å². The Labute approximate surface area is 141 Å². The molecule has 0 radical (unpaired) electrons. The highest BCUT2D eigenvalue weighted by molar-refractivity contribution is 7.08. The van der Waals surface area contributed by atoms with Crippen LogP contribution in [0.4, 0.5) is 0 Å². The van der Waals surface area contributed by atoms with Gasteiger partial charge in [0, 0.05) is 18.7 Å². The molecule has 0 saturated carbocycles. The van der Waals surface area contributed by atoms with Crippen molar-refractivity contribution in [1.82, 2.24) is 4.57 Å². The normalized spacial score (nSPS) is 12.8. The third-order valence-electron chi connectivity index (χ3n) is 3.57. The molecule has 0 aliphatic carbocycles. The molecule has 116 valence electrons. The fourth-order valence-electron chi connectivity index (χ4n) is 2.26. The van der Waals surface area contributed by atoms with Crippen molar-refractivity contribution in [1.29, 1.82) is 0 Å². The summed E-state index contributed by atoms with van der Waals surface area (Å²) in [4.78, 5) is 24.8. The van der Waals surface area contributed by atoms with Gasteiger partial charge < -0.3 is 4.57 Å². The zero-order valence-electron chi connectivity index (χ0n) is 12.8. The molecule has 0 unspecified atom stereocenters. The zero-order chi connectivity index (χ0) is 16.4. The Morgan fingerprint density at radius 2 is 2.00 bits per heavy atom. The van der Waals surface area contributed by atoms with E-state index in [4.69, 9.17) is 0 Å². The lowest BCUT2D eigenvalue weighted by atomic mass is 10.1. The average Bonchev–Trinajstić information content (AvgIpc) is 3.13. The first-order valence-electron chi connectivity index (χ1n) is 7.08. The minimum absolute atomic E-state index is 0.0787. The number of thiophene rings is 1. The number of aromatic nitrogens is 1. The Morgan fingerprint density at radius 1 is 1.22 bits per heavy atom. The predicted molar refractivity (Wildman–Crippen MR) is 96.7 cm³/mol. The van der Waals surface area contributed by atoms with Crippen LogP contribution in [-0.4, -0.2) is 10.4 Å². The summed E-state index contributed by atoms with van der Waals surface area (Å²) < 4.78 is 2.82. The van der Waals surface area contributed by atoms with Crippen molar-refractivity contribution >= 4 is 40.6 Å². The maximum atomic E-state index is 12.5. The number of aryl methyl sites for hydroxylation is 1. The van der Waals surface area contributed by atoms with E-state index in [0.29, 0.717) is 14.8 Å². The summed E-state index contributed by atoms with van der Waals surface area (Å²) in [6.45, 7) is 1.91. The fourth-order valence-corrected chi connectivity index (χ4v) is 3.90. The second-order valence-corrected chi connectivity index (χ2v) is 7.04. The lowest BCUT2D eigenvalue weighted by Crippen LogP contribution is -2.29. The highest BCUT2D eigenvalue weighted by Gasteiger charge is 2.07. The van der Waals surface area contributed by atoms with Crippen molar-refractivity contribution in [2.24, 2.45) is 7.05 Å². The van der Waals surface area contributed by atoms with Crippen molar-refractivity contribution in [3.8, 4) is 0 Å². The van der Waals surface area contributed by atoms with Crippen LogP contribution >= 0.6 is 22.7 Å². The first-order chi connectivity index (χ1) is 11.1. The van der Waals surface area contributed by atoms with Crippen LogP contribution in [0.5, 0.6) is 0 Å². The number of hydrogen-bond acceptors (Lipinski definition) is 4. The number of nitrogens with zero attached hydrogens (tertiary/aromatic N) is 1. The van der Waals surface area contributed by atoms with Gasteiger partial charge in [-0.3, -0.25) is 9.59 Å². The molecule has 0 aliphatic heterocycles. The van der Waals surface area contributed by atoms with Crippen LogP contribution in [0.15, 0.2) is 45.9 Å². The Kier molecular flexibility index (Phi) is 4.41. The smallest absolute Gasteiger partial charge is 0.268 e.